The molecule has 0 amide bonds. The number of halogens is 3. The summed E-state index contributed by atoms with van der Waals surface area (Å²) < 4.78 is 36.4. The molecule has 2 N–H and O–H groups in total. The lowest BCUT2D eigenvalue weighted by Crippen LogP contribution is -2.31. The molecule has 1 rings (SSSR count). The van der Waals surface area contributed by atoms with Crippen molar-refractivity contribution in [2.45, 2.75) is 13.1 Å². The van der Waals surface area contributed by atoms with Crippen LogP contribution >= 0.6 is 0 Å². The highest BCUT2D eigenvalue weighted by molar-refractivity contribution is 5.68. The van der Waals surface area contributed by atoms with Gasteiger partial charge in [-0.2, -0.15) is 13.2 Å². The lowest BCUT2D eigenvalue weighted by atomic mass is 10.2. The van der Waals surface area contributed by atoms with Crippen LogP contribution in [0.4, 0.5) is 24.5 Å². The average Bonchev–Trinajstić information content (AvgIpc) is 1.99. The number of alkyl halides is 3. The Balaban J connectivity index is 2.87. The molecule has 1 aromatic rings. The Morgan fingerprint density at radius 2 is 1.93 bits per heavy atom. The summed E-state index contributed by atoms with van der Waals surface area (Å²) >= 11 is 0. The highest BCUT2D eigenvalue weighted by Gasteiger charge is 2.29. The van der Waals surface area contributed by atoms with Crippen molar-refractivity contribution in [3.63, 3.8) is 0 Å². The van der Waals surface area contributed by atoms with Crippen LogP contribution in [0.25, 0.3) is 0 Å². The Morgan fingerprint density at radius 3 is 2.40 bits per heavy atom. The third-order valence-corrected chi connectivity index (χ3v) is 2.01. The third kappa shape index (κ3) is 3.34. The maximum atomic E-state index is 12.1. The Hall–Kier alpha value is -1.39. The fourth-order valence-corrected chi connectivity index (χ4v) is 1.38. The van der Waals surface area contributed by atoms with Crippen LogP contribution in [0.2, 0.25) is 0 Å². The molecule has 0 aliphatic heterocycles. The number of nitrogens with zero attached hydrogens (tertiary/aromatic N) is 1. The molecule has 0 radical (unpaired) electrons. The second-order valence-electron chi connectivity index (χ2n) is 3.53. The van der Waals surface area contributed by atoms with Crippen LogP contribution in [-0.2, 0) is 0 Å². The van der Waals surface area contributed by atoms with Crippen molar-refractivity contribution in [1.82, 2.24) is 0 Å². The standard InChI is InChI=1S/C10H13F3N2/c1-7-3-4-9(8(14)5-7)15(2)6-10(11,12)13/h3-5H,6,14H2,1-2H3. The highest BCUT2D eigenvalue weighted by atomic mass is 19.4. The van der Waals surface area contributed by atoms with Crippen molar-refractivity contribution in [1.29, 1.82) is 0 Å². The van der Waals surface area contributed by atoms with E-state index in [4.69, 9.17) is 5.73 Å². The topological polar surface area (TPSA) is 29.3 Å². The number of hydrogen-bond acceptors (Lipinski definition) is 2. The number of rotatable bonds is 2. The third-order valence-electron chi connectivity index (χ3n) is 2.01. The van der Waals surface area contributed by atoms with Crippen molar-refractivity contribution in [3.05, 3.63) is 23.8 Å². The fourth-order valence-electron chi connectivity index (χ4n) is 1.38. The SMILES string of the molecule is Cc1ccc(N(C)CC(F)(F)F)c(N)c1. The summed E-state index contributed by atoms with van der Waals surface area (Å²) in [5.41, 5.74) is 7.32. The monoisotopic (exact) mass is 218 g/mol. The summed E-state index contributed by atoms with van der Waals surface area (Å²) in [6.45, 7) is 0.837. The van der Waals surface area contributed by atoms with Gasteiger partial charge in [0.1, 0.15) is 6.54 Å². The number of nitrogen functional groups attached to an aromatic ring is 1. The first kappa shape index (κ1) is 11.7. The Morgan fingerprint density at radius 1 is 1.33 bits per heavy atom. The van der Waals surface area contributed by atoms with Gasteiger partial charge in [-0.25, -0.2) is 0 Å². The molecule has 0 aromatic heterocycles. The molecular weight excluding hydrogens is 205 g/mol. The summed E-state index contributed by atoms with van der Waals surface area (Å²) in [5, 5.41) is 0. The predicted molar refractivity (Wildman–Crippen MR) is 54.9 cm³/mol. The molecular formula is C10H13F3N2. The van der Waals surface area contributed by atoms with E-state index in [1.165, 1.54) is 7.05 Å². The van der Waals surface area contributed by atoms with Gasteiger partial charge in [-0.05, 0) is 24.6 Å². The molecule has 0 saturated heterocycles. The first-order valence-corrected chi connectivity index (χ1v) is 4.43. The van der Waals surface area contributed by atoms with Crippen molar-refractivity contribution < 1.29 is 13.2 Å². The minimum Gasteiger partial charge on any atom is -0.397 e. The molecule has 0 aliphatic rings. The van der Waals surface area contributed by atoms with Crippen molar-refractivity contribution in [2.75, 3.05) is 24.2 Å². The van der Waals surface area contributed by atoms with Crippen LogP contribution in [0.5, 0.6) is 0 Å². The van der Waals surface area contributed by atoms with E-state index < -0.39 is 12.7 Å². The molecule has 0 bridgehead atoms. The molecule has 84 valence electrons. The summed E-state index contributed by atoms with van der Waals surface area (Å²) in [6, 6.07) is 4.98. The van der Waals surface area contributed by atoms with Gasteiger partial charge in [-0.15, -0.1) is 0 Å². The largest absolute Gasteiger partial charge is 0.405 e. The van der Waals surface area contributed by atoms with Gasteiger partial charge in [0, 0.05) is 7.05 Å². The van der Waals surface area contributed by atoms with Gasteiger partial charge in [0.25, 0.3) is 0 Å². The minimum absolute atomic E-state index is 0.363. The Kier molecular flexibility index (Phi) is 3.12. The van der Waals surface area contributed by atoms with Crippen molar-refractivity contribution in [2.24, 2.45) is 0 Å². The Bertz CT molecular complexity index is 347. The van der Waals surface area contributed by atoms with E-state index >= 15 is 0 Å². The van der Waals surface area contributed by atoms with Gasteiger partial charge in [0.15, 0.2) is 0 Å². The van der Waals surface area contributed by atoms with Gasteiger partial charge >= 0.3 is 6.18 Å². The van der Waals surface area contributed by atoms with Crippen LogP contribution in [0, 0.1) is 6.92 Å². The minimum atomic E-state index is -4.22. The van der Waals surface area contributed by atoms with Crippen LogP contribution in [-0.4, -0.2) is 19.8 Å². The molecule has 0 heterocycles. The summed E-state index contributed by atoms with van der Waals surface area (Å²) in [6.07, 6.45) is -4.22. The molecule has 15 heavy (non-hydrogen) atoms. The van der Waals surface area contributed by atoms with Gasteiger partial charge < -0.3 is 10.6 Å². The Labute approximate surface area is 86.5 Å². The zero-order valence-corrected chi connectivity index (χ0v) is 8.60. The molecule has 0 spiro atoms. The predicted octanol–water partition coefficient (Wildman–Crippen LogP) is 2.58. The van der Waals surface area contributed by atoms with Crippen molar-refractivity contribution >= 4 is 11.4 Å². The zero-order valence-electron chi connectivity index (χ0n) is 8.60. The first-order chi connectivity index (χ1) is 6.79. The van der Waals surface area contributed by atoms with E-state index in [0.717, 1.165) is 10.5 Å². The van der Waals surface area contributed by atoms with E-state index in [1.54, 1.807) is 18.2 Å². The second kappa shape index (κ2) is 4.00. The molecule has 0 fully saturated rings. The maximum absolute atomic E-state index is 12.1. The van der Waals surface area contributed by atoms with Gasteiger partial charge in [-0.3, -0.25) is 0 Å². The van der Waals surface area contributed by atoms with E-state index in [9.17, 15) is 13.2 Å². The van der Waals surface area contributed by atoms with Crippen LogP contribution in [0.15, 0.2) is 18.2 Å². The van der Waals surface area contributed by atoms with Gasteiger partial charge in [0.2, 0.25) is 0 Å². The highest BCUT2D eigenvalue weighted by Crippen LogP contribution is 2.26. The molecule has 1 aromatic carbocycles. The maximum Gasteiger partial charge on any atom is 0.405 e. The van der Waals surface area contributed by atoms with E-state index in [-0.39, 0.29) is 0 Å². The summed E-state index contributed by atoms with van der Waals surface area (Å²) in [7, 11) is 1.37. The fraction of sp³-hybridized carbons (Fsp3) is 0.400. The van der Waals surface area contributed by atoms with Crippen LogP contribution < -0.4 is 10.6 Å². The van der Waals surface area contributed by atoms with E-state index in [2.05, 4.69) is 0 Å². The van der Waals surface area contributed by atoms with E-state index in [0.29, 0.717) is 11.4 Å². The molecule has 0 saturated carbocycles. The molecule has 0 unspecified atom stereocenters. The zero-order chi connectivity index (χ0) is 11.6. The quantitative estimate of drug-likeness (QED) is 0.773. The average molecular weight is 218 g/mol. The van der Waals surface area contributed by atoms with Gasteiger partial charge in [-0.1, -0.05) is 6.07 Å². The number of aryl methyl sites for hydroxylation is 1. The van der Waals surface area contributed by atoms with Crippen LogP contribution in [0.1, 0.15) is 5.56 Å². The van der Waals surface area contributed by atoms with Crippen LogP contribution in [0.3, 0.4) is 0 Å². The molecule has 5 heteroatoms. The number of nitrogens with two attached hydrogens (primary N) is 1. The summed E-state index contributed by atoms with van der Waals surface area (Å²) in [4.78, 5) is 1.09. The van der Waals surface area contributed by atoms with Crippen molar-refractivity contribution in [3.8, 4) is 0 Å². The molecule has 0 aliphatic carbocycles. The molecule has 2 nitrogen and oxygen atoms in total. The lowest BCUT2D eigenvalue weighted by molar-refractivity contribution is -0.119. The number of anilines is 2. The van der Waals surface area contributed by atoms with E-state index in [1.807, 2.05) is 6.92 Å². The first-order valence-electron chi connectivity index (χ1n) is 4.43. The number of hydrogen-bond donors (Lipinski definition) is 1. The normalized spacial score (nSPS) is 11.5. The molecule has 0 atom stereocenters. The van der Waals surface area contributed by atoms with Gasteiger partial charge in [0.05, 0.1) is 11.4 Å². The lowest BCUT2D eigenvalue weighted by Gasteiger charge is -2.22. The summed E-state index contributed by atoms with van der Waals surface area (Å²) in [5.74, 6) is 0. The number of benzene rings is 1. The smallest absolute Gasteiger partial charge is 0.397 e. The second-order valence-corrected chi connectivity index (χ2v) is 3.53.